The molecular weight excluding hydrogens is 412 g/mol. The number of rotatable bonds is 7. The minimum Gasteiger partial charge on any atom is -0.439 e. The number of hydrogen-bond donors (Lipinski definition) is 1. The van der Waals surface area contributed by atoms with E-state index >= 15 is 0 Å². The van der Waals surface area contributed by atoms with Crippen LogP contribution in [0.15, 0.2) is 71.8 Å². The smallest absolute Gasteiger partial charge is 0.230 e. The van der Waals surface area contributed by atoms with E-state index < -0.39 is 15.3 Å². The van der Waals surface area contributed by atoms with Crippen molar-refractivity contribution in [2.45, 2.75) is 37.6 Å². The van der Waals surface area contributed by atoms with Crippen molar-refractivity contribution in [3.8, 4) is 11.6 Å². The van der Waals surface area contributed by atoms with Crippen LogP contribution in [0.4, 0.5) is 0 Å². The molecule has 0 spiro atoms. The molecule has 0 aliphatic carbocycles. The second-order valence-corrected chi connectivity index (χ2v) is 9.96. The maximum Gasteiger partial charge on any atom is 0.230 e. The number of sulfone groups is 1. The molecule has 162 valence electrons. The molecule has 3 rings (SSSR count). The Hall–Kier alpha value is -3.19. The minimum atomic E-state index is -3.35. The maximum absolute atomic E-state index is 13.0. The van der Waals surface area contributed by atoms with Crippen LogP contribution in [0.25, 0.3) is 0 Å². The number of aryl methyl sites for hydroxylation is 1. The first-order valence-corrected chi connectivity index (χ1v) is 11.7. The number of aromatic nitrogens is 1. The molecule has 0 aliphatic heterocycles. The summed E-state index contributed by atoms with van der Waals surface area (Å²) < 4.78 is 29.4. The van der Waals surface area contributed by atoms with E-state index in [0.29, 0.717) is 17.2 Å². The summed E-state index contributed by atoms with van der Waals surface area (Å²) in [6.45, 7) is 6.00. The molecule has 0 bridgehead atoms. The zero-order valence-electron chi connectivity index (χ0n) is 18.0. The molecule has 1 heterocycles. The predicted octanol–water partition coefficient (Wildman–Crippen LogP) is 4.18. The molecule has 0 saturated carbocycles. The van der Waals surface area contributed by atoms with Gasteiger partial charge in [0.05, 0.1) is 10.3 Å². The standard InChI is InChI=1S/C24H26N2O4S/c1-17-9-5-6-13-21(17)24(2,3)23(27)26-16-18-10-8-14-25-22(18)30-19-11-7-12-20(15-19)31(4,28)29/h5-15H,16H2,1-4H3,(H,26,27). The van der Waals surface area contributed by atoms with Crippen molar-refractivity contribution in [3.63, 3.8) is 0 Å². The molecule has 0 aliphatic rings. The van der Waals surface area contributed by atoms with Crippen LogP contribution in [0.3, 0.4) is 0 Å². The molecule has 0 atom stereocenters. The molecule has 1 N–H and O–H groups in total. The molecule has 2 aromatic carbocycles. The van der Waals surface area contributed by atoms with E-state index in [1.54, 1.807) is 24.4 Å². The molecule has 1 amide bonds. The summed E-state index contributed by atoms with van der Waals surface area (Å²) in [7, 11) is -3.35. The van der Waals surface area contributed by atoms with Gasteiger partial charge in [0, 0.05) is 24.6 Å². The number of carbonyl (C=O) groups is 1. The fraction of sp³-hybridized carbons (Fsp3) is 0.250. The van der Waals surface area contributed by atoms with E-state index in [9.17, 15) is 13.2 Å². The zero-order chi connectivity index (χ0) is 22.6. The molecule has 1 aromatic heterocycles. The SMILES string of the molecule is Cc1ccccc1C(C)(C)C(=O)NCc1cccnc1Oc1cccc(S(C)(=O)=O)c1. The number of nitrogens with zero attached hydrogens (tertiary/aromatic N) is 1. The van der Waals surface area contributed by atoms with E-state index in [0.717, 1.165) is 17.4 Å². The summed E-state index contributed by atoms with van der Waals surface area (Å²) in [4.78, 5) is 17.4. The van der Waals surface area contributed by atoms with Crippen LogP contribution in [0, 0.1) is 6.92 Å². The Morgan fingerprint density at radius 3 is 2.52 bits per heavy atom. The second-order valence-electron chi connectivity index (χ2n) is 7.94. The van der Waals surface area contributed by atoms with Crippen molar-refractivity contribution >= 4 is 15.7 Å². The third-order valence-electron chi connectivity index (χ3n) is 5.12. The van der Waals surface area contributed by atoms with Gasteiger partial charge in [0.15, 0.2) is 9.84 Å². The fourth-order valence-electron chi connectivity index (χ4n) is 3.32. The third-order valence-corrected chi connectivity index (χ3v) is 6.23. The predicted molar refractivity (Wildman–Crippen MR) is 120 cm³/mol. The topological polar surface area (TPSA) is 85.4 Å². The van der Waals surface area contributed by atoms with E-state index in [1.807, 2.05) is 51.1 Å². The van der Waals surface area contributed by atoms with Crippen molar-refractivity contribution in [2.75, 3.05) is 6.26 Å². The summed E-state index contributed by atoms with van der Waals surface area (Å²) in [5, 5.41) is 2.97. The quantitative estimate of drug-likeness (QED) is 0.598. The van der Waals surface area contributed by atoms with Crippen LogP contribution in [0.2, 0.25) is 0 Å². The van der Waals surface area contributed by atoms with Crippen molar-refractivity contribution < 1.29 is 17.9 Å². The van der Waals surface area contributed by atoms with Crippen LogP contribution in [-0.2, 0) is 26.6 Å². The molecule has 0 unspecified atom stereocenters. The van der Waals surface area contributed by atoms with Crippen LogP contribution >= 0.6 is 0 Å². The van der Waals surface area contributed by atoms with E-state index in [4.69, 9.17) is 4.74 Å². The second kappa shape index (κ2) is 8.89. The summed E-state index contributed by atoms with van der Waals surface area (Å²) in [6.07, 6.45) is 2.72. The zero-order valence-corrected chi connectivity index (χ0v) is 18.9. The van der Waals surface area contributed by atoms with Crippen molar-refractivity contribution in [3.05, 3.63) is 83.6 Å². The van der Waals surface area contributed by atoms with Gasteiger partial charge in [0.1, 0.15) is 5.75 Å². The van der Waals surface area contributed by atoms with Crippen LogP contribution in [0.5, 0.6) is 11.6 Å². The fourth-order valence-corrected chi connectivity index (χ4v) is 3.98. The summed E-state index contributed by atoms with van der Waals surface area (Å²) in [5.74, 6) is 0.548. The molecule has 0 fully saturated rings. The van der Waals surface area contributed by atoms with Gasteiger partial charge in [-0.1, -0.05) is 36.4 Å². The minimum absolute atomic E-state index is 0.115. The van der Waals surface area contributed by atoms with Gasteiger partial charge < -0.3 is 10.1 Å². The molecular formula is C24H26N2O4S. The van der Waals surface area contributed by atoms with Gasteiger partial charge in [0.2, 0.25) is 11.8 Å². The van der Waals surface area contributed by atoms with Gasteiger partial charge in [-0.25, -0.2) is 13.4 Å². The Labute approximate surface area is 183 Å². The highest BCUT2D eigenvalue weighted by atomic mass is 32.2. The molecule has 31 heavy (non-hydrogen) atoms. The number of pyridine rings is 1. The van der Waals surface area contributed by atoms with E-state index in [2.05, 4.69) is 10.3 Å². The third kappa shape index (κ3) is 5.30. The Bertz CT molecular complexity index is 1200. The summed E-state index contributed by atoms with van der Waals surface area (Å²) in [5.41, 5.74) is 1.99. The first-order valence-electron chi connectivity index (χ1n) is 9.85. The largest absolute Gasteiger partial charge is 0.439 e. The van der Waals surface area contributed by atoms with E-state index in [-0.39, 0.29) is 17.3 Å². The highest BCUT2D eigenvalue weighted by Crippen LogP contribution is 2.28. The number of carbonyl (C=O) groups excluding carboxylic acids is 1. The Morgan fingerprint density at radius 1 is 1.06 bits per heavy atom. The highest BCUT2D eigenvalue weighted by molar-refractivity contribution is 7.90. The summed E-state index contributed by atoms with van der Waals surface area (Å²) >= 11 is 0. The van der Waals surface area contributed by atoms with Gasteiger partial charge >= 0.3 is 0 Å². The lowest BCUT2D eigenvalue weighted by Crippen LogP contribution is -2.40. The lowest BCUT2D eigenvalue weighted by molar-refractivity contribution is -0.125. The molecule has 0 saturated heterocycles. The van der Waals surface area contributed by atoms with Crippen LogP contribution in [-0.4, -0.2) is 25.6 Å². The Morgan fingerprint density at radius 2 is 1.81 bits per heavy atom. The van der Waals surface area contributed by atoms with Crippen LogP contribution in [0.1, 0.15) is 30.5 Å². The normalized spacial score (nSPS) is 11.7. The first kappa shape index (κ1) is 22.5. The molecule has 3 aromatic rings. The van der Waals surface area contributed by atoms with Gasteiger partial charge in [-0.05, 0) is 56.2 Å². The van der Waals surface area contributed by atoms with Gasteiger partial charge in [0.25, 0.3) is 0 Å². The molecule has 0 radical (unpaired) electrons. The van der Waals surface area contributed by atoms with Gasteiger partial charge in [-0.3, -0.25) is 4.79 Å². The van der Waals surface area contributed by atoms with Crippen molar-refractivity contribution in [2.24, 2.45) is 0 Å². The van der Waals surface area contributed by atoms with Crippen molar-refractivity contribution in [1.29, 1.82) is 0 Å². The first-order chi connectivity index (χ1) is 14.6. The number of benzene rings is 2. The average Bonchev–Trinajstić information content (AvgIpc) is 2.72. The lowest BCUT2D eigenvalue weighted by Gasteiger charge is -2.26. The van der Waals surface area contributed by atoms with E-state index in [1.165, 1.54) is 12.1 Å². The van der Waals surface area contributed by atoms with Crippen molar-refractivity contribution in [1.82, 2.24) is 10.3 Å². The number of nitrogens with one attached hydrogen (secondary N) is 1. The average molecular weight is 439 g/mol. The van der Waals surface area contributed by atoms with Gasteiger partial charge in [-0.15, -0.1) is 0 Å². The van der Waals surface area contributed by atoms with Gasteiger partial charge in [-0.2, -0.15) is 0 Å². The maximum atomic E-state index is 13.0. The lowest BCUT2D eigenvalue weighted by atomic mass is 9.81. The highest BCUT2D eigenvalue weighted by Gasteiger charge is 2.30. The van der Waals surface area contributed by atoms with Crippen LogP contribution < -0.4 is 10.1 Å². The number of hydrogen-bond acceptors (Lipinski definition) is 5. The Balaban J connectivity index is 1.77. The number of amides is 1. The number of ether oxygens (including phenoxy) is 1. The molecule has 7 heteroatoms. The summed E-state index contributed by atoms with van der Waals surface area (Å²) in [6, 6.07) is 17.6. The Kier molecular flexibility index (Phi) is 6.45. The molecule has 6 nitrogen and oxygen atoms in total. The monoisotopic (exact) mass is 438 g/mol.